The third-order valence-corrected chi connectivity index (χ3v) is 19.4. The van der Waals surface area contributed by atoms with Gasteiger partial charge in [-0.3, -0.25) is 0 Å². The van der Waals surface area contributed by atoms with Crippen LogP contribution < -0.4 is 0 Å². The zero-order valence-electron chi connectivity index (χ0n) is 18.2. The maximum Gasteiger partial charge on any atom is 0.315 e. The summed E-state index contributed by atoms with van der Waals surface area (Å²) in [6, 6.07) is 0.939. The van der Waals surface area contributed by atoms with E-state index in [0.29, 0.717) is 12.7 Å². The molecular formula is C15H40O6Si5. The molecule has 1 rings (SSSR count). The summed E-state index contributed by atoms with van der Waals surface area (Å²) >= 11 is 0. The Morgan fingerprint density at radius 1 is 0.923 bits per heavy atom. The van der Waals surface area contributed by atoms with Crippen LogP contribution in [-0.2, 0) is 25.9 Å². The van der Waals surface area contributed by atoms with Gasteiger partial charge in [-0.1, -0.05) is 0 Å². The summed E-state index contributed by atoms with van der Waals surface area (Å²) < 4.78 is 36.2. The van der Waals surface area contributed by atoms with Crippen LogP contribution in [0.2, 0.25) is 65.0 Å². The van der Waals surface area contributed by atoms with Gasteiger partial charge in [0.2, 0.25) is 0 Å². The number of hydrogen-bond donors (Lipinski definition) is 0. The van der Waals surface area contributed by atoms with Gasteiger partial charge in [-0.15, -0.1) is 0 Å². The lowest BCUT2D eigenvalue weighted by Gasteiger charge is -2.36. The highest BCUT2D eigenvalue weighted by molar-refractivity contribution is 6.84. The van der Waals surface area contributed by atoms with Crippen LogP contribution in [0.5, 0.6) is 0 Å². The van der Waals surface area contributed by atoms with Crippen molar-refractivity contribution in [2.45, 2.75) is 77.5 Å². The van der Waals surface area contributed by atoms with Gasteiger partial charge in [0.15, 0.2) is 16.6 Å². The van der Waals surface area contributed by atoms with Crippen molar-refractivity contribution in [3.8, 4) is 0 Å². The van der Waals surface area contributed by atoms with Crippen molar-refractivity contribution < 1.29 is 25.9 Å². The highest BCUT2D eigenvalue weighted by Gasteiger charge is 2.38. The second kappa shape index (κ2) is 10.6. The summed E-state index contributed by atoms with van der Waals surface area (Å²) in [6.45, 7) is 22.0. The molecule has 26 heavy (non-hydrogen) atoms. The molecule has 6 nitrogen and oxygen atoms in total. The summed E-state index contributed by atoms with van der Waals surface area (Å²) in [6.07, 6.45) is 1.28. The fourth-order valence-electron chi connectivity index (χ4n) is 2.83. The fourth-order valence-corrected chi connectivity index (χ4v) is 20.7. The first-order chi connectivity index (χ1) is 11.8. The van der Waals surface area contributed by atoms with Crippen LogP contribution in [0.25, 0.3) is 0 Å². The standard InChI is InChI=1S/C15H40O6Si5/c1-22(19-24(3,4)5)18-23(2)20-26(9,21-25(6,7)8)12-10-11-16-13-15-14-17-15/h15,22-23H,10-14H2,1-9H3. The lowest BCUT2D eigenvalue weighted by Crippen LogP contribution is -2.51. The average Bonchev–Trinajstić information content (AvgIpc) is 3.16. The third-order valence-electron chi connectivity index (χ3n) is 3.47. The summed E-state index contributed by atoms with van der Waals surface area (Å²) in [7, 11) is -8.91. The van der Waals surface area contributed by atoms with E-state index >= 15 is 0 Å². The molecular weight excluding hydrogens is 417 g/mol. The van der Waals surface area contributed by atoms with E-state index in [4.69, 9.17) is 25.9 Å². The molecule has 0 bridgehead atoms. The Kier molecular flexibility index (Phi) is 10.1. The molecule has 1 aliphatic heterocycles. The van der Waals surface area contributed by atoms with Gasteiger partial charge in [-0.05, 0) is 71.4 Å². The van der Waals surface area contributed by atoms with Crippen LogP contribution in [0, 0.1) is 0 Å². The van der Waals surface area contributed by atoms with E-state index in [1.807, 2.05) is 0 Å². The monoisotopic (exact) mass is 456 g/mol. The number of rotatable bonds is 14. The van der Waals surface area contributed by atoms with Crippen molar-refractivity contribution in [3.05, 3.63) is 0 Å². The smallest absolute Gasteiger partial charge is 0.315 e. The van der Waals surface area contributed by atoms with Crippen molar-refractivity contribution in [1.82, 2.24) is 0 Å². The Balaban J connectivity index is 2.48. The minimum absolute atomic E-state index is 0.326. The first-order valence-corrected chi connectivity index (χ1v) is 23.2. The number of ether oxygens (including phenoxy) is 2. The van der Waals surface area contributed by atoms with Crippen LogP contribution >= 0.6 is 0 Å². The molecule has 4 unspecified atom stereocenters. The molecule has 1 aliphatic rings. The second-order valence-electron chi connectivity index (χ2n) is 9.10. The minimum atomic E-state index is -2.27. The van der Waals surface area contributed by atoms with Crippen LogP contribution in [-0.4, -0.2) is 69.7 Å². The van der Waals surface area contributed by atoms with E-state index < -0.39 is 43.8 Å². The van der Waals surface area contributed by atoms with E-state index in [-0.39, 0.29) is 0 Å². The van der Waals surface area contributed by atoms with Crippen molar-refractivity contribution in [2.24, 2.45) is 0 Å². The number of hydrogen-bond acceptors (Lipinski definition) is 6. The van der Waals surface area contributed by atoms with Gasteiger partial charge in [-0.2, -0.15) is 0 Å². The van der Waals surface area contributed by atoms with Crippen LogP contribution in [0.4, 0.5) is 0 Å². The van der Waals surface area contributed by atoms with E-state index in [1.54, 1.807) is 0 Å². The Bertz CT molecular complexity index is 412. The lowest BCUT2D eigenvalue weighted by atomic mass is 10.5. The molecule has 1 heterocycles. The highest BCUT2D eigenvalue weighted by Crippen LogP contribution is 2.23. The molecule has 0 aromatic carbocycles. The third kappa shape index (κ3) is 13.1. The Morgan fingerprint density at radius 2 is 1.50 bits per heavy atom. The SMILES string of the molecule is C[SiH](O[SiH](C)O[Si](C)(CCCOCC1CO1)O[Si](C)(C)C)O[Si](C)(C)C. The zero-order valence-corrected chi connectivity index (χ0v) is 23.5. The molecule has 0 radical (unpaired) electrons. The molecule has 11 heteroatoms. The molecule has 0 aliphatic carbocycles. The molecule has 0 saturated carbocycles. The average molecular weight is 457 g/mol. The van der Waals surface area contributed by atoms with Gasteiger partial charge < -0.3 is 25.9 Å². The normalized spacial score (nSPS) is 22.7. The predicted molar refractivity (Wildman–Crippen MR) is 119 cm³/mol. The Labute approximate surface area is 167 Å². The molecule has 0 aromatic rings. The summed E-state index contributed by atoms with van der Waals surface area (Å²) in [5, 5.41) is 0. The van der Waals surface area contributed by atoms with Gasteiger partial charge in [0, 0.05) is 6.61 Å². The minimum Gasteiger partial charge on any atom is -0.439 e. The summed E-state index contributed by atoms with van der Waals surface area (Å²) in [4.78, 5) is 0. The molecule has 1 fully saturated rings. The molecule has 0 aromatic heterocycles. The van der Waals surface area contributed by atoms with Gasteiger partial charge >= 0.3 is 8.56 Å². The molecule has 156 valence electrons. The van der Waals surface area contributed by atoms with Crippen molar-refractivity contribution in [3.63, 3.8) is 0 Å². The highest BCUT2D eigenvalue weighted by atomic mass is 28.5. The first kappa shape index (κ1) is 24.9. The van der Waals surface area contributed by atoms with E-state index in [0.717, 1.165) is 25.7 Å². The van der Waals surface area contributed by atoms with Gasteiger partial charge in [0.25, 0.3) is 18.6 Å². The topological polar surface area (TPSA) is 58.7 Å². The first-order valence-electron chi connectivity index (χ1n) is 9.69. The van der Waals surface area contributed by atoms with Gasteiger partial charge in [-0.25, -0.2) is 0 Å². The van der Waals surface area contributed by atoms with E-state index in [1.165, 1.54) is 0 Å². The second-order valence-corrected chi connectivity index (χ2v) is 26.4. The maximum atomic E-state index is 6.53. The van der Waals surface area contributed by atoms with Crippen molar-refractivity contribution in [1.29, 1.82) is 0 Å². The zero-order chi connectivity index (χ0) is 20.0. The summed E-state index contributed by atoms with van der Waals surface area (Å²) in [5.74, 6) is 0. The van der Waals surface area contributed by atoms with Crippen LogP contribution in [0.1, 0.15) is 6.42 Å². The van der Waals surface area contributed by atoms with Crippen molar-refractivity contribution >= 4 is 43.8 Å². The number of epoxide rings is 1. The molecule has 4 atom stereocenters. The molecule has 0 spiro atoms. The van der Waals surface area contributed by atoms with E-state index in [9.17, 15) is 0 Å². The van der Waals surface area contributed by atoms with E-state index in [2.05, 4.69) is 58.9 Å². The molecule has 0 N–H and O–H groups in total. The predicted octanol–water partition coefficient (Wildman–Crippen LogP) is 3.30. The summed E-state index contributed by atoms with van der Waals surface area (Å²) in [5.41, 5.74) is 0. The van der Waals surface area contributed by atoms with Gasteiger partial charge in [0.1, 0.15) is 6.10 Å². The lowest BCUT2D eigenvalue weighted by molar-refractivity contribution is 0.116. The molecule has 1 saturated heterocycles. The van der Waals surface area contributed by atoms with Crippen LogP contribution in [0.3, 0.4) is 0 Å². The fraction of sp³-hybridized carbons (Fsp3) is 1.00. The van der Waals surface area contributed by atoms with Gasteiger partial charge in [0.05, 0.1) is 13.2 Å². The largest absolute Gasteiger partial charge is 0.439 e. The van der Waals surface area contributed by atoms with Crippen molar-refractivity contribution in [2.75, 3.05) is 19.8 Å². The molecule has 0 amide bonds. The quantitative estimate of drug-likeness (QED) is 0.227. The maximum absolute atomic E-state index is 6.53. The van der Waals surface area contributed by atoms with Crippen LogP contribution in [0.15, 0.2) is 0 Å². The Hall–Kier alpha value is 0.844. The Morgan fingerprint density at radius 3 is 2.00 bits per heavy atom.